The largest absolute Gasteiger partial charge is 0.241 e. The summed E-state index contributed by atoms with van der Waals surface area (Å²) in [4.78, 5) is 1.04. The smallest absolute Gasteiger partial charge is 0.191 e. The van der Waals surface area contributed by atoms with E-state index in [-0.39, 0.29) is 0 Å². The first-order valence-corrected chi connectivity index (χ1v) is 12.4. The molecule has 0 atom stereocenters. The van der Waals surface area contributed by atoms with E-state index in [1.54, 1.807) is 11.8 Å². The Morgan fingerprint density at radius 3 is 2.28 bits per heavy atom. The lowest BCUT2D eigenvalue weighted by Crippen LogP contribution is -2.27. The van der Waals surface area contributed by atoms with Gasteiger partial charge in [0.15, 0.2) is 5.17 Å². The summed E-state index contributed by atoms with van der Waals surface area (Å²) in [7, 11) is 0. The number of amidine groups is 1. The summed E-state index contributed by atoms with van der Waals surface area (Å²) in [6.45, 7) is 4.88. The molecule has 0 aromatic heterocycles. The Kier molecular flexibility index (Phi) is 9.03. The van der Waals surface area contributed by atoms with Crippen LogP contribution >= 0.6 is 23.7 Å². The molecule has 0 aliphatic rings. The first-order chi connectivity index (χ1) is 15.6. The molecule has 0 aliphatic carbocycles. The van der Waals surface area contributed by atoms with Crippen molar-refractivity contribution in [3.63, 3.8) is 0 Å². The van der Waals surface area contributed by atoms with Gasteiger partial charge in [-0.3, -0.25) is 0 Å². The highest BCUT2D eigenvalue weighted by Gasteiger charge is 2.12. The maximum absolute atomic E-state index is 5.46. The number of rotatable bonds is 7. The van der Waals surface area contributed by atoms with Gasteiger partial charge in [0.25, 0.3) is 0 Å². The Morgan fingerprint density at radius 2 is 1.66 bits per heavy atom. The molecule has 0 heterocycles. The number of hydrazone groups is 1. The van der Waals surface area contributed by atoms with Gasteiger partial charge in [0.1, 0.15) is 0 Å². The van der Waals surface area contributed by atoms with Crippen LogP contribution in [0.1, 0.15) is 29.2 Å². The fraction of sp³-hybridized carbons (Fsp3) is 0.185. The topological polar surface area (TPSA) is 28.0 Å². The lowest BCUT2D eigenvalue weighted by atomic mass is 10.1. The van der Waals surface area contributed by atoms with Gasteiger partial charge in [-0.05, 0) is 61.9 Å². The molecule has 0 radical (unpaired) electrons. The molecule has 3 nitrogen and oxygen atoms in total. The summed E-state index contributed by atoms with van der Waals surface area (Å²) in [5, 5.41) is 7.83. The molecular formula is C27H27N3S2. The summed E-state index contributed by atoms with van der Waals surface area (Å²) in [5.74, 6) is 2.65. The van der Waals surface area contributed by atoms with Gasteiger partial charge >= 0.3 is 0 Å². The summed E-state index contributed by atoms with van der Waals surface area (Å²) in [5.41, 5.74) is 5.45. The van der Waals surface area contributed by atoms with E-state index < -0.39 is 0 Å². The van der Waals surface area contributed by atoms with Crippen molar-refractivity contribution in [1.29, 1.82) is 0 Å². The van der Waals surface area contributed by atoms with Crippen molar-refractivity contribution in [2.45, 2.75) is 25.2 Å². The third kappa shape index (κ3) is 7.05. The molecule has 0 saturated carbocycles. The highest BCUT2D eigenvalue weighted by molar-refractivity contribution is 8.14. The minimum Gasteiger partial charge on any atom is -0.241 e. The highest BCUT2D eigenvalue weighted by atomic mass is 32.2. The summed E-state index contributed by atoms with van der Waals surface area (Å²) < 4.78 is 4.80. The molecule has 0 aliphatic heterocycles. The number of hydrogen-bond acceptors (Lipinski definition) is 4. The molecule has 0 bridgehead atoms. The van der Waals surface area contributed by atoms with Crippen LogP contribution < -0.4 is 0 Å². The van der Waals surface area contributed by atoms with E-state index in [2.05, 4.69) is 61.4 Å². The number of benzene rings is 3. The van der Waals surface area contributed by atoms with Crippen molar-refractivity contribution in [3.8, 4) is 12.3 Å². The zero-order valence-corrected chi connectivity index (χ0v) is 20.3. The fourth-order valence-electron chi connectivity index (χ4n) is 3.00. The average Bonchev–Trinajstić information content (AvgIpc) is 2.84. The molecule has 0 unspecified atom stereocenters. The number of nitrogens with zero attached hydrogens (tertiary/aromatic N) is 3. The Hall–Kier alpha value is -2.94. The van der Waals surface area contributed by atoms with Gasteiger partial charge in [-0.25, -0.2) is 5.01 Å². The van der Waals surface area contributed by atoms with Crippen LogP contribution in [0.2, 0.25) is 0 Å². The average molecular weight is 458 g/mol. The van der Waals surface area contributed by atoms with Crippen LogP contribution in [0.4, 0.5) is 0 Å². The van der Waals surface area contributed by atoms with Gasteiger partial charge < -0.3 is 0 Å². The molecule has 32 heavy (non-hydrogen) atoms. The number of aryl methyl sites for hydroxylation is 1. The molecule has 0 saturated heterocycles. The zero-order chi connectivity index (χ0) is 22.8. The van der Waals surface area contributed by atoms with E-state index in [0.717, 1.165) is 39.9 Å². The van der Waals surface area contributed by atoms with Crippen molar-refractivity contribution in [2.24, 2.45) is 9.50 Å². The van der Waals surface area contributed by atoms with Crippen molar-refractivity contribution >= 4 is 34.6 Å². The Morgan fingerprint density at radius 1 is 0.969 bits per heavy atom. The van der Waals surface area contributed by atoms with Gasteiger partial charge in [0, 0.05) is 29.0 Å². The molecule has 5 heteroatoms. The predicted molar refractivity (Wildman–Crippen MR) is 141 cm³/mol. The number of thioether (sulfide) groups is 1. The van der Waals surface area contributed by atoms with Crippen LogP contribution in [0, 0.1) is 19.3 Å². The molecule has 0 fully saturated rings. The number of terminal acetylenes is 1. The van der Waals surface area contributed by atoms with Crippen LogP contribution in [0.15, 0.2) is 93.3 Å². The van der Waals surface area contributed by atoms with E-state index in [9.17, 15) is 0 Å². The quantitative estimate of drug-likeness (QED) is 0.130. The van der Waals surface area contributed by atoms with E-state index in [0.29, 0.717) is 0 Å². The normalized spacial score (nSPS) is 11.8. The second-order valence-corrected chi connectivity index (χ2v) is 8.86. The van der Waals surface area contributed by atoms with Crippen LogP contribution in [0.5, 0.6) is 0 Å². The Bertz CT molecular complexity index is 1100. The van der Waals surface area contributed by atoms with Gasteiger partial charge in [0.2, 0.25) is 0 Å². The summed E-state index contributed by atoms with van der Waals surface area (Å²) >= 11 is 3.03. The van der Waals surface area contributed by atoms with E-state index in [1.807, 2.05) is 48.5 Å². The van der Waals surface area contributed by atoms with Crippen LogP contribution in [-0.2, 0) is 6.42 Å². The van der Waals surface area contributed by atoms with Crippen LogP contribution in [-0.4, -0.2) is 28.7 Å². The van der Waals surface area contributed by atoms with Crippen molar-refractivity contribution < 1.29 is 0 Å². The van der Waals surface area contributed by atoms with Crippen molar-refractivity contribution in [3.05, 3.63) is 101 Å². The zero-order valence-electron chi connectivity index (χ0n) is 18.7. The van der Waals surface area contributed by atoms with E-state index in [1.165, 1.54) is 23.1 Å². The predicted octanol–water partition coefficient (Wildman–Crippen LogP) is 6.67. The van der Waals surface area contributed by atoms with Gasteiger partial charge in [-0.15, -0.1) is 6.42 Å². The maximum atomic E-state index is 5.46. The highest BCUT2D eigenvalue weighted by Crippen LogP contribution is 2.23. The van der Waals surface area contributed by atoms with Crippen LogP contribution in [0.25, 0.3) is 0 Å². The van der Waals surface area contributed by atoms with Gasteiger partial charge in [-0.1, -0.05) is 77.8 Å². The maximum Gasteiger partial charge on any atom is 0.191 e. The monoisotopic (exact) mass is 457 g/mol. The molecule has 0 N–H and O–H groups in total. The van der Waals surface area contributed by atoms with Crippen molar-refractivity contribution in [2.75, 3.05) is 12.8 Å². The first kappa shape index (κ1) is 23.7. The lowest BCUT2D eigenvalue weighted by molar-refractivity contribution is 0.459. The first-order valence-electron chi connectivity index (χ1n) is 10.4. The van der Waals surface area contributed by atoms with Crippen molar-refractivity contribution in [1.82, 2.24) is 5.01 Å². The molecule has 0 amide bonds. The SMILES string of the molecule is C#Cc1ccc(SN=C(SC)N(CCc2ccccc2)/N=C(\C)c2ccc(C)cc2)cc1. The molecule has 3 aromatic rings. The minimum atomic E-state index is 0.740. The van der Waals surface area contributed by atoms with E-state index in [4.69, 9.17) is 15.9 Å². The third-order valence-electron chi connectivity index (χ3n) is 4.85. The lowest BCUT2D eigenvalue weighted by Gasteiger charge is -2.21. The van der Waals surface area contributed by atoms with Crippen LogP contribution in [0.3, 0.4) is 0 Å². The second-order valence-electron chi connectivity index (χ2n) is 7.25. The molecule has 162 valence electrons. The van der Waals surface area contributed by atoms with Gasteiger partial charge in [0.05, 0.1) is 5.71 Å². The minimum absolute atomic E-state index is 0.740. The van der Waals surface area contributed by atoms with E-state index >= 15 is 0 Å². The Balaban J connectivity index is 1.84. The number of hydrogen-bond donors (Lipinski definition) is 0. The molecule has 3 aromatic carbocycles. The molecule has 0 spiro atoms. The summed E-state index contributed by atoms with van der Waals surface area (Å²) in [6.07, 6.45) is 8.37. The second kappa shape index (κ2) is 12.2. The summed E-state index contributed by atoms with van der Waals surface area (Å²) in [6, 6.07) is 26.8. The Labute approximate surface area is 200 Å². The standard InChI is InChI=1S/C27H27N3S2/c1-5-23-13-17-26(18-14-23)32-29-27(31-4)30(20-19-24-9-7-6-8-10-24)28-22(3)25-15-11-21(2)12-16-25/h1,6-18H,19-20H2,2-4H3/b28-22+,29-27?. The van der Waals surface area contributed by atoms with Gasteiger partial charge in [-0.2, -0.15) is 9.50 Å². The fourth-order valence-corrected chi connectivity index (χ4v) is 4.28. The third-order valence-corrected chi connectivity index (χ3v) is 6.38. The molecular weight excluding hydrogens is 430 g/mol. The molecule has 3 rings (SSSR count).